The molecule has 0 amide bonds. The van der Waals surface area contributed by atoms with E-state index in [4.69, 9.17) is 13.3 Å². The summed E-state index contributed by atoms with van der Waals surface area (Å²) < 4.78 is 26.7. The van der Waals surface area contributed by atoms with Gasteiger partial charge in [0.1, 0.15) is 0 Å². The standard InChI is InChI=1S/2C8H17O2.2C8H17O.Ti/c2*1-3-5-8(10)7(4-2)6-9;2*1-3-5-6-8(4-2)7-9;/h2*7-8,10H,3-6H2,1-2H3;2*8H,3-7H2,1-2H3;/q4*-1;+4. The van der Waals surface area contributed by atoms with Crippen LogP contribution in [-0.4, -0.2) is 48.8 Å². The number of rotatable bonds is 28. The van der Waals surface area contributed by atoms with E-state index < -0.39 is 30.3 Å². The van der Waals surface area contributed by atoms with Gasteiger partial charge >= 0.3 is 249 Å². The van der Waals surface area contributed by atoms with E-state index in [9.17, 15) is 10.2 Å². The van der Waals surface area contributed by atoms with Crippen molar-refractivity contribution in [3.8, 4) is 0 Å². The molecule has 6 nitrogen and oxygen atoms in total. The molecule has 39 heavy (non-hydrogen) atoms. The molecule has 236 valence electrons. The monoisotopic (exact) mass is 596 g/mol. The van der Waals surface area contributed by atoms with E-state index in [-0.39, 0.29) is 11.8 Å². The Morgan fingerprint density at radius 2 is 0.821 bits per heavy atom. The molecule has 0 bridgehead atoms. The fraction of sp³-hybridized carbons (Fsp3) is 1.00. The molecule has 0 rings (SSSR count). The summed E-state index contributed by atoms with van der Waals surface area (Å²) in [6, 6.07) is 0. The molecule has 0 aliphatic rings. The Morgan fingerprint density at radius 3 is 1.10 bits per heavy atom. The molecule has 0 aliphatic heterocycles. The van der Waals surface area contributed by atoms with Crippen molar-refractivity contribution in [2.45, 2.75) is 157 Å². The number of hydrogen-bond acceptors (Lipinski definition) is 6. The second-order valence-corrected chi connectivity index (χ2v) is 15.0. The molecular formula is C32H68O6Ti. The third-order valence-electron chi connectivity index (χ3n) is 8.33. The third kappa shape index (κ3) is 17.2. The molecule has 0 fully saturated rings. The minimum absolute atomic E-state index is 0.0162. The van der Waals surface area contributed by atoms with Crippen LogP contribution in [0.1, 0.15) is 145 Å². The summed E-state index contributed by atoms with van der Waals surface area (Å²) >= 11 is -4.22. The van der Waals surface area contributed by atoms with Gasteiger partial charge in [-0.15, -0.1) is 0 Å². The molecule has 7 heteroatoms. The second kappa shape index (κ2) is 25.0. The summed E-state index contributed by atoms with van der Waals surface area (Å²) in [5.74, 6) is 0.909. The van der Waals surface area contributed by atoms with Gasteiger partial charge in [0.05, 0.1) is 0 Å². The van der Waals surface area contributed by atoms with Crippen LogP contribution in [-0.2, 0) is 31.4 Å². The minimum atomic E-state index is -4.22. The Hall–Kier alpha value is 0.474. The molecule has 6 unspecified atom stereocenters. The molecule has 0 saturated carbocycles. The van der Waals surface area contributed by atoms with E-state index in [1.165, 1.54) is 25.7 Å². The molecule has 0 saturated heterocycles. The zero-order valence-electron chi connectivity index (χ0n) is 27.2. The Morgan fingerprint density at radius 1 is 0.462 bits per heavy atom. The van der Waals surface area contributed by atoms with E-state index in [0.717, 1.165) is 64.2 Å². The van der Waals surface area contributed by atoms with Gasteiger partial charge < -0.3 is 0 Å². The van der Waals surface area contributed by atoms with Crippen LogP contribution in [0.5, 0.6) is 0 Å². The van der Waals surface area contributed by atoms with Crippen molar-refractivity contribution in [3.05, 3.63) is 0 Å². The fourth-order valence-electron chi connectivity index (χ4n) is 4.97. The van der Waals surface area contributed by atoms with Gasteiger partial charge in [0.2, 0.25) is 0 Å². The quantitative estimate of drug-likeness (QED) is 0.0880. The topological polar surface area (TPSA) is 77.4 Å². The van der Waals surface area contributed by atoms with Gasteiger partial charge in [-0.1, -0.05) is 0 Å². The molecule has 6 atom stereocenters. The van der Waals surface area contributed by atoms with Crippen LogP contribution >= 0.6 is 0 Å². The van der Waals surface area contributed by atoms with Crippen LogP contribution in [0.2, 0.25) is 0 Å². The fourth-order valence-corrected chi connectivity index (χ4v) is 8.43. The average Bonchev–Trinajstić information content (AvgIpc) is 2.94. The van der Waals surface area contributed by atoms with Crippen LogP contribution in [0.3, 0.4) is 0 Å². The first-order chi connectivity index (χ1) is 18.8. The Labute approximate surface area is 248 Å². The van der Waals surface area contributed by atoms with Crippen LogP contribution in [0.4, 0.5) is 0 Å². The summed E-state index contributed by atoms with van der Waals surface area (Å²) in [5.41, 5.74) is 0. The van der Waals surface area contributed by atoms with E-state index in [0.29, 0.717) is 38.3 Å². The Kier molecular flexibility index (Phi) is 25.3. The number of aliphatic hydroxyl groups excluding tert-OH is 2. The molecular weight excluding hydrogens is 528 g/mol. The molecule has 0 radical (unpaired) electrons. The molecule has 0 heterocycles. The third-order valence-corrected chi connectivity index (χ3v) is 11.6. The van der Waals surface area contributed by atoms with Crippen molar-refractivity contribution in [2.24, 2.45) is 23.7 Å². The zero-order valence-corrected chi connectivity index (χ0v) is 28.8. The van der Waals surface area contributed by atoms with Crippen molar-refractivity contribution in [1.82, 2.24) is 0 Å². The SMILES string of the molecule is CCCCC(CC)C[O][Ti]([O]CC(CC)CCCC)([O]CC(CC)C(O)CCC)[O]CC(CC)C(O)CCC. The average molecular weight is 597 g/mol. The number of unbranched alkanes of at least 4 members (excludes halogenated alkanes) is 2. The van der Waals surface area contributed by atoms with Crippen LogP contribution in [0, 0.1) is 23.7 Å². The maximum atomic E-state index is 10.8. The van der Waals surface area contributed by atoms with Gasteiger partial charge in [0, 0.05) is 0 Å². The van der Waals surface area contributed by atoms with Crippen molar-refractivity contribution < 1.29 is 41.6 Å². The van der Waals surface area contributed by atoms with Gasteiger partial charge in [0.25, 0.3) is 0 Å². The van der Waals surface area contributed by atoms with E-state index in [2.05, 4.69) is 55.4 Å². The first kappa shape index (κ1) is 39.5. The van der Waals surface area contributed by atoms with Crippen LogP contribution in [0.25, 0.3) is 0 Å². The summed E-state index contributed by atoms with van der Waals surface area (Å²) in [4.78, 5) is 0. The summed E-state index contributed by atoms with van der Waals surface area (Å²) in [7, 11) is 0. The molecule has 2 N–H and O–H groups in total. The Bertz CT molecular complexity index is 491. The second-order valence-electron chi connectivity index (χ2n) is 11.6. The van der Waals surface area contributed by atoms with Gasteiger partial charge in [0.15, 0.2) is 0 Å². The predicted octanol–water partition coefficient (Wildman–Crippen LogP) is 8.67. The molecule has 0 aliphatic carbocycles. The van der Waals surface area contributed by atoms with Gasteiger partial charge in [-0.05, 0) is 0 Å². The van der Waals surface area contributed by atoms with Crippen molar-refractivity contribution in [3.63, 3.8) is 0 Å². The van der Waals surface area contributed by atoms with E-state index >= 15 is 0 Å². The normalized spacial score (nSPS) is 18.3. The summed E-state index contributed by atoms with van der Waals surface area (Å²) in [5, 5.41) is 21.6. The van der Waals surface area contributed by atoms with Crippen molar-refractivity contribution in [2.75, 3.05) is 26.4 Å². The Balaban J connectivity index is 6.04. The first-order valence-electron chi connectivity index (χ1n) is 16.7. The van der Waals surface area contributed by atoms with Crippen LogP contribution < -0.4 is 0 Å². The number of hydrogen-bond donors (Lipinski definition) is 2. The van der Waals surface area contributed by atoms with Gasteiger partial charge in [-0.25, -0.2) is 0 Å². The summed E-state index contributed by atoms with van der Waals surface area (Å²) in [6.45, 7) is 19.2. The maximum absolute atomic E-state index is 10.8. The molecule has 0 spiro atoms. The summed E-state index contributed by atoms with van der Waals surface area (Å²) in [6.07, 6.45) is 13.3. The molecule has 0 aromatic heterocycles. The van der Waals surface area contributed by atoms with Crippen LogP contribution in [0.15, 0.2) is 0 Å². The predicted molar refractivity (Wildman–Crippen MR) is 160 cm³/mol. The van der Waals surface area contributed by atoms with E-state index in [1.807, 2.05) is 0 Å². The van der Waals surface area contributed by atoms with E-state index in [1.54, 1.807) is 0 Å². The van der Waals surface area contributed by atoms with Crippen molar-refractivity contribution in [1.29, 1.82) is 0 Å². The van der Waals surface area contributed by atoms with Gasteiger partial charge in [-0.2, -0.15) is 0 Å². The van der Waals surface area contributed by atoms with Crippen molar-refractivity contribution >= 4 is 0 Å². The van der Waals surface area contributed by atoms with Gasteiger partial charge in [-0.3, -0.25) is 0 Å². The zero-order chi connectivity index (χ0) is 29.5. The molecule has 0 aromatic carbocycles. The number of aliphatic hydroxyl groups is 2. The molecule has 0 aromatic rings. The first-order valence-corrected chi connectivity index (χ1v) is 19.3.